The molecule has 6 rings (SSSR count). The Labute approximate surface area is 203 Å². The number of imidazole rings is 1. The third-order valence-electron chi connectivity index (χ3n) is 7.52. The van der Waals surface area contributed by atoms with Gasteiger partial charge in [-0.15, -0.1) is 4.40 Å². The number of hydrogen-bond acceptors (Lipinski definition) is 5. The number of aromatic nitrogens is 2. The number of carbonyl (C=O) groups is 1. The average Bonchev–Trinajstić information content (AvgIpc) is 3.36. The van der Waals surface area contributed by atoms with Gasteiger partial charge in [-0.05, 0) is 49.9 Å². The summed E-state index contributed by atoms with van der Waals surface area (Å²) in [6, 6.07) is 14.7. The molecule has 0 unspecified atom stereocenters. The summed E-state index contributed by atoms with van der Waals surface area (Å²) in [5, 5.41) is 0. The summed E-state index contributed by atoms with van der Waals surface area (Å²) in [6.07, 6.45) is 2.83. The zero-order valence-corrected chi connectivity index (χ0v) is 20.1. The van der Waals surface area contributed by atoms with Gasteiger partial charge in [0.15, 0.2) is 5.84 Å². The standard InChI is InChI=1S/C25H27N5O4S/c31-24(29-15-11-18(12-16-29)30-21-7-3-2-6-20(21)26-25(30)32)17-9-13-28(14-10-17)23-19-5-1-4-8-22(19)35(33,34)27-23/h1-8,17-18H,9-16H2,(H,26,32). The number of benzene rings is 2. The van der Waals surface area contributed by atoms with Gasteiger partial charge in [-0.2, -0.15) is 8.42 Å². The Balaban J connectivity index is 1.09. The van der Waals surface area contributed by atoms with Crippen molar-refractivity contribution < 1.29 is 13.2 Å². The number of piperidine rings is 2. The molecule has 0 atom stereocenters. The Kier molecular flexibility index (Phi) is 5.28. The molecule has 0 aliphatic carbocycles. The van der Waals surface area contributed by atoms with Crippen LogP contribution in [0.5, 0.6) is 0 Å². The maximum absolute atomic E-state index is 13.3. The van der Waals surface area contributed by atoms with Crippen LogP contribution in [-0.2, 0) is 14.8 Å². The SMILES string of the molecule is O=C(C1CCN(C2=NS(=O)(=O)c3ccccc32)CC1)N1CCC(n2c(=O)[nH]c3ccccc32)CC1. The molecule has 3 aromatic rings. The number of nitrogens with one attached hydrogen (secondary N) is 1. The summed E-state index contributed by atoms with van der Waals surface area (Å²) in [5.41, 5.74) is 2.30. The van der Waals surface area contributed by atoms with Gasteiger partial charge in [-0.1, -0.05) is 24.3 Å². The molecule has 182 valence electrons. The Bertz CT molecular complexity index is 1490. The zero-order chi connectivity index (χ0) is 24.2. The van der Waals surface area contributed by atoms with E-state index in [2.05, 4.69) is 9.38 Å². The lowest BCUT2D eigenvalue weighted by Gasteiger charge is -2.38. The van der Waals surface area contributed by atoms with Crippen LogP contribution in [0.3, 0.4) is 0 Å². The highest BCUT2D eigenvalue weighted by molar-refractivity contribution is 7.90. The molecule has 0 bridgehead atoms. The fourth-order valence-corrected chi connectivity index (χ4v) is 6.92. The lowest BCUT2D eigenvalue weighted by Crippen LogP contribution is -2.47. The minimum atomic E-state index is -3.65. The average molecular weight is 494 g/mol. The van der Waals surface area contributed by atoms with Crippen molar-refractivity contribution in [2.45, 2.75) is 36.6 Å². The number of sulfonamides is 1. The van der Waals surface area contributed by atoms with Gasteiger partial charge < -0.3 is 14.8 Å². The number of amidine groups is 1. The van der Waals surface area contributed by atoms with Gasteiger partial charge in [-0.3, -0.25) is 9.36 Å². The minimum absolute atomic E-state index is 0.0759. The maximum atomic E-state index is 13.3. The number of likely N-dealkylation sites (tertiary alicyclic amines) is 2. The van der Waals surface area contributed by atoms with E-state index in [-0.39, 0.29) is 28.5 Å². The van der Waals surface area contributed by atoms with Crippen molar-refractivity contribution in [2.75, 3.05) is 26.2 Å². The fraction of sp³-hybridized carbons (Fsp3) is 0.400. The Morgan fingerprint density at radius 1 is 0.914 bits per heavy atom. The van der Waals surface area contributed by atoms with E-state index in [9.17, 15) is 18.0 Å². The number of fused-ring (bicyclic) bond motifs is 2. The first-order valence-electron chi connectivity index (χ1n) is 12.1. The van der Waals surface area contributed by atoms with Crippen LogP contribution >= 0.6 is 0 Å². The normalized spacial score (nSPS) is 20.7. The van der Waals surface area contributed by atoms with Crippen molar-refractivity contribution in [2.24, 2.45) is 10.3 Å². The number of H-pyrrole nitrogens is 1. The molecule has 2 saturated heterocycles. The van der Waals surface area contributed by atoms with Gasteiger partial charge in [0.2, 0.25) is 5.91 Å². The van der Waals surface area contributed by atoms with E-state index < -0.39 is 10.0 Å². The number of nitrogens with zero attached hydrogens (tertiary/aromatic N) is 4. The molecule has 0 spiro atoms. The van der Waals surface area contributed by atoms with E-state index in [0.717, 1.165) is 23.9 Å². The molecule has 35 heavy (non-hydrogen) atoms. The van der Waals surface area contributed by atoms with Crippen molar-refractivity contribution in [1.29, 1.82) is 0 Å². The van der Waals surface area contributed by atoms with E-state index in [1.54, 1.807) is 18.2 Å². The van der Waals surface area contributed by atoms with Crippen LogP contribution in [0.15, 0.2) is 62.6 Å². The number of para-hydroxylation sites is 2. The van der Waals surface area contributed by atoms with Crippen molar-refractivity contribution in [1.82, 2.24) is 19.4 Å². The fourth-order valence-electron chi connectivity index (χ4n) is 5.69. The lowest BCUT2D eigenvalue weighted by molar-refractivity contribution is -0.138. The number of amides is 1. The molecule has 9 nitrogen and oxygen atoms in total. The molecule has 10 heteroatoms. The van der Waals surface area contributed by atoms with Crippen molar-refractivity contribution >= 4 is 32.8 Å². The van der Waals surface area contributed by atoms with Crippen LogP contribution in [-0.4, -0.2) is 65.7 Å². The Hall–Kier alpha value is -3.40. The summed E-state index contributed by atoms with van der Waals surface area (Å²) in [7, 11) is -3.65. The first-order valence-corrected chi connectivity index (χ1v) is 13.5. The molecular formula is C25H27N5O4S. The first kappa shape index (κ1) is 22.1. The highest BCUT2D eigenvalue weighted by atomic mass is 32.2. The minimum Gasteiger partial charge on any atom is -0.355 e. The van der Waals surface area contributed by atoms with Crippen molar-refractivity contribution in [3.63, 3.8) is 0 Å². The molecule has 1 amide bonds. The van der Waals surface area contributed by atoms with E-state index >= 15 is 0 Å². The van der Waals surface area contributed by atoms with Crippen LogP contribution in [0.1, 0.15) is 37.3 Å². The van der Waals surface area contributed by atoms with Crippen molar-refractivity contribution in [3.8, 4) is 0 Å². The van der Waals surface area contributed by atoms with Crippen LogP contribution < -0.4 is 5.69 Å². The number of aromatic amines is 1. The molecule has 0 saturated carbocycles. The van der Waals surface area contributed by atoms with Crippen LogP contribution in [0, 0.1) is 5.92 Å². The lowest BCUT2D eigenvalue weighted by atomic mass is 9.93. The summed E-state index contributed by atoms with van der Waals surface area (Å²) in [5.74, 6) is 0.583. The largest absolute Gasteiger partial charge is 0.355 e. The van der Waals surface area contributed by atoms with Gasteiger partial charge in [0.25, 0.3) is 10.0 Å². The molecule has 4 heterocycles. The van der Waals surface area contributed by atoms with Crippen LogP contribution in [0.2, 0.25) is 0 Å². The number of rotatable bonds is 2. The maximum Gasteiger partial charge on any atom is 0.326 e. The molecule has 2 aromatic carbocycles. The van der Waals surface area contributed by atoms with Crippen LogP contribution in [0.4, 0.5) is 0 Å². The van der Waals surface area contributed by atoms with E-state index in [4.69, 9.17) is 0 Å². The zero-order valence-electron chi connectivity index (χ0n) is 19.3. The van der Waals surface area contributed by atoms with Gasteiger partial charge >= 0.3 is 5.69 Å². The molecule has 2 fully saturated rings. The van der Waals surface area contributed by atoms with Gasteiger partial charge in [0.1, 0.15) is 4.90 Å². The topological polar surface area (TPSA) is 108 Å². The van der Waals surface area contributed by atoms with Gasteiger partial charge in [0.05, 0.1) is 11.0 Å². The molecule has 3 aliphatic heterocycles. The summed E-state index contributed by atoms with van der Waals surface area (Å²) in [6.45, 7) is 2.46. The predicted octanol–water partition coefficient (Wildman–Crippen LogP) is 2.35. The molecule has 1 aromatic heterocycles. The highest BCUT2D eigenvalue weighted by Gasteiger charge is 2.36. The second-order valence-corrected chi connectivity index (χ2v) is 11.1. The van der Waals surface area contributed by atoms with Crippen LogP contribution in [0.25, 0.3) is 11.0 Å². The smallest absolute Gasteiger partial charge is 0.326 e. The van der Waals surface area contributed by atoms with Gasteiger partial charge in [-0.25, -0.2) is 4.79 Å². The highest BCUT2D eigenvalue weighted by Crippen LogP contribution is 2.31. The van der Waals surface area contributed by atoms with Crippen molar-refractivity contribution in [3.05, 3.63) is 64.6 Å². The summed E-state index contributed by atoms with van der Waals surface area (Å²) < 4.78 is 30.6. The van der Waals surface area contributed by atoms with E-state index in [0.29, 0.717) is 50.4 Å². The molecular weight excluding hydrogens is 466 g/mol. The predicted molar refractivity (Wildman–Crippen MR) is 132 cm³/mol. The summed E-state index contributed by atoms with van der Waals surface area (Å²) in [4.78, 5) is 32.9. The second-order valence-electron chi connectivity index (χ2n) is 9.52. The molecule has 0 radical (unpaired) electrons. The first-order chi connectivity index (χ1) is 16.9. The molecule has 3 aliphatic rings. The van der Waals surface area contributed by atoms with E-state index in [1.165, 1.54) is 0 Å². The summed E-state index contributed by atoms with van der Waals surface area (Å²) >= 11 is 0. The third kappa shape index (κ3) is 3.76. The monoisotopic (exact) mass is 493 g/mol. The quantitative estimate of drug-likeness (QED) is 0.590. The Morgan fingerprint density at radius 3 is 2.37 bits per heavy atom. The third-order valence-corrected chi connectivity index (χ3v) is 8.85. The molecule has 1 N–H and O–H groups in total. The number of hydrogen-bond donors (Lipinski definition) is 1. The number of carbonyl (C=O) groups excluding carboxylic acids is 1. The van der Waals surface area contributed by atoms with E-state index in [1.807, 2.05) is 44.7 Å². The second kappa shape index (κ2) is 8.37. The van der Waals surface area contributed by atoms with Gasteiger partial charge in [0, 0.05) is 43.7 Å². The Morgan fingerprint density at radius 2 is 1.60 bits per heavy atom.